The molecule has 2 aliphatic carbocycles. The van der Waals surface area contributed by atoms with E-state index in [1.165, 1.54) is 12.8 Å². The number of rotatable bonds is 2. The highest BCUT2D eigenvalue weighted by Gasteiger charge is 2.46. The molecule has 0 spiro atoms. The highest BCUT2D eigenvalue weighted by atomic mass is 16.5. The molecule has 1 unspecified atom stereocenters. The summed E-state index contributed by atoms with van der Waals surface area (Å²) in [5.41, 5.74) is -0.382. The molecule has 13 heavy (non-hydrogen) atoms. The summed E-state index contributed by atoms with van der Waals surface area (Å²) in [7, 11) is 0. The minimum absolute atomic E-state index is 0.382. The molecule has 0 radical (unpaired) electrons. The van der Waals surface area contributed by atoms with Gasteiger partial charge in [-0.3, -0.25) is 0 Å². The number of ether oxygens (including phenoxy) is 1. The zero-order valence-corrected chi connectivity index (χ0v) is 8.62. The number of aliphatic hydroxyl groups is 1. The molecule has 0 aromatic heterocycles. The van der Waals surface area contributed by atoms with Crippen LogP contribution in [0.1, 0.15) is 39.5 Å². The lowest BCUT2D eigenvalue weighted by atomic mass is 10.0. The van der Waals surface area contributed by atoms with Crippen molar-refractivity contribution in [3.05, 3.63) is 0 Å². The maximum atomic E-state index is 9.88. The van der Waals surface area contributed by atoms with Crippen LogP contribution in [-0.2, 0) is 4.74 Å². The van der Waals surface area contributed by atoms with Crippen LogP contribution in [0, 0.1) is 11.8 Å². The van der Waals surface area contributed by atoms with Crippen molar-refractivity contribution in [2.45, 2.75) is 51.2 Å². The van der Waals surface area contributed by atoms with Crippen LogP contribution in [0.5, 0.6) is 0 Å². The zero-order chi connectivity index (χ0) is 9.47. The lowest BCUT2D eigenvalue weighted by molar-refractivity contribution is 0.0322. The minimum atomic E-state index is -0.382. The molecule has 2 heteroatoms. The van der Waals surface area contributed by atoms with Gasteiger partial charge in [0, 0.05) is 6.61 Å². The van der Waals surface area contributed by atoms with Crippen LogP contribution in [0.2, 0.25) is 0 Å². The van der Waals surface area contributed by atoms with Gasteiger partial charge in [0.15, 0.2) is 0 Å². The Labute approximate surface area is 80.3 Å². The van der Waals surface area contributed by atoms with Crippen molar-refractivity contribution in [3.8, 4) is 0 Å². The molecule has 0 amide bonds. The lowest BCUT2D eigenvalue weighted by Crippen LogP contribution is -2.21. The Morgan fingerprint density at radius 3 is 2.31 bits per heavy atom. The van der Waals surface area contributed by atoms with Crippen molar-refractivity contribution in [2.75, 3.05) is 6.61 Å². The van der Waals surface area contributed by atoms with Gasteiger partial charge in [0.05, 0.1) is 11.7 Å². The zero-order valence-electron chi connectivity index (χ0n) is 8.62. The first kappa shape index (κ1) is 9.47. The largest absolute Gasteiger partial charge is 0.390 e. The molecule has 2 rings (SSSR count). The molecule has 2 saturated carbocycles. The first-order valence-corrected chi connectivity index (χ1v) is 5.45. The summed E-state index contributed by atoms with van der Waals surface area (Å²) in [4.78, 5) is 0. The van der Waals surface area contributed by atoms with Gasteiger partial charge in [0.1, 0.15) is 0 Å². The van der Waals surface area contributed by atoms with Crippen LogP contribution in [-0.4, -0.2) is 23.4 Å². The van der Waals surface area contributed by atoms with Gasteiger partial charge in [0.2, 0.25) is 0 Å². The van der Waals surface area contributed by atoms with Gasteiger partial charge in [-0.2, -0.15) is 0 Å². The fourth-order valence-electron chi connectivity index (χ4n) is 3.24. The monoisotopic (exact) mass is 184 g/mol. The molecule has 2 nitrogen and oxygen atoms in total. The first-order chi connectivity index (χ1) is 6.11. The van der Waals surface area contributed by atoms with Crippen LogP contribution in [0.15, 0.2) is 0 Å². The van der Waals surface area contributed by atoms with E-state index in [2.05, 4.69) is 6.92 Å². The molecule has 0 heterocycles. The second-order valence-electron chi connectivity index (χ2n) is 4.97. The topological polar surface area (TPSA) is 29.5 Å². The second-order valence-corrected chi connectivity index (χ2v) is 4.97. The predicted octanol–water partition coefficient (Wildman–Crippen LogP) is 1.96. The van der Waals surface area contributed by atoms with Crippen molar-refractivity contribution < 1.29 is 9.84 Å². The highest BCUT2D eigenvalue weighted by molar-refractivity contribution is 4.97. The van der Waals surface area contributed by atoms with Gasteiger partial charge in [-0.1, -0.05) is 0 Å². The predicted molar refractivity (Wildman–Crippen MR) is 51.5 cm³/mol. The summed E-state index contributed by atoms with van der Waals surface area (Å²) in [6, 6.07) is 0. The van der Waals surface area contributed by atoms with E-state index in [1.54, 1.807) is 0 Å². The molecule has 0 bridgehead atoms. The number of hydrogen-bond acceptors (Lipinski definition) is 2. The Bertz CT molecular complexity index is 173. The minimum Gasteiger partial charge on any atom is -0.390 e. The van der Waals surface area contributed by atoms with Crippen LogP contribution in [0.25, 0.3) is 0 Å². The Morgan fingerprint density at radius 2 is 1.85 bits per heavy atom. The maximum Gasteiger partial charge on any atom is 0.0625 e. The summed E-state index contributed by atoms with van der Waals surface area (Å²) in [6.07, 6.45) is 4.81. The van der Waals surface area contributed by atoms with E-state index in [0.717, 1.165) is 31.3 Å². The molecule has 0 aromatic rings. The average molecular weight is 184 g/mol. The molecular weight excluding hydrogens is 164 g/mol. The fourth-order valence-corrected chi connectivity index (χ4v) is 3.24. The first-order valence-electron chi connectivity index (χ1n) is 5.45. The Morgan fingerprint density at radius 1 is 1.31 bits per heavy atom. The molecule has 0 aromatic carbocycles. The van der Waals surface area contributed by atoms with Gasteiger partial charge < -0.3 is 9.84 Å². The summed E-state index contributed by atoms with van der Waals surface area (Å²) >= 11 is 0. The average Bonchev–Trinajstić information content (AvgIpc) is 2.41. The van der Waals surface area contributed by atoms with Crippen LogP contribution in [0.4, 0.5) is 0 Å². The van der Waals surface area contributed by atoms with Gasteiger partial charge in [-0.15, -0.1) is 0 Å². The third-order valence-corrected chi connectivity index (χ3v) is 3.60. The van der Waals surface area contributed by atoms with Crippen molar-refractivity contribution in [1.82, 2.24) is 0 Å². The Hall–Kier alpha value is -0.0800. The third-order valence-electron chi connectivity index (χ3n) is 3.60. The molecule has 1 N–H and O–H groups in total. The third kappa shape index (κ3) is 1.89. The van der Waals surface area contributed by atoms with Gasteiger partial charge >= 0.3 is 0 Å². The van der Waals surface area contributed by atoms with Gasteiger partial charge in [-0.25, -0.2) is 0 Å². The number of fused-ring (bicyclic) bond motifs is 1. The van der Waals surface area contributed by atoms with Crippen molar-refractivity contribution >= 4 is 0 Å². The normalized spacial score (nSPS) is 49.6. The summed E-state index contributed by atoms with van der Waals surface area (Å²) in [6.45, 7) is 4.87. The van der Waals surface area contributed by atoms with Gasteiger partial charge in [-0.05, 0) is 51.4 Å². The summed E-state index contributed by atoms with van der Waals surface area (Å²) in [5, 5.41) is 9.88. The molecule has 0 saturated heterocycles. The molecule has 76 valence electrons. The maximum absolute atomic E-state index is 9.88. The SMILES string of the molecule is CCO[C@@H]1C[C@@H]2CC(C)(O)C[C@@H]2C1. The lowest BCUT2D eigenvalue weighted by Gasteiger charge is -2.19. The Balaban J connectivity index is 1.90. The fraction of sp³-hybridized carbons (Fsp3) is 1.00. The van der Waals surface area contributed by atoms with Crippen molar-refractivity contribution in [3.63, 3.8) is 0 Å². The van der Waals surface area contributed by atoms with Crippen molar-refractivity contribution in [1.29, 1.82) is 0 Å². The summed E-state index contributed by atoms with van der Waals surface area (Å²) < 4.78 is 5.63. The standard InChI is InChI=1S/C11H20O2/c1-3-13-10-4-8-6-11(2,12)7-9(8)5-10/h8-10,12H,3-7H2,1-2H3/t8-,9+,10-,11?. The second kappa shape index (κ2) is 3.25. The molecule has 2 fully saturated rings. The molecule has 0 aliphatic heterocycles. The molecular formula is C11H20O2. The van der Waals surface area contributed by atoms with E-state index >= 15 is 0 Å². The van der Waals surface area contributed by atoms with Crippen molar-refractivity contribution in [2.24, 2.45) is 11.8 Å². The van der Waals surface area contributed by atoms with Crippen LogP contribution in [0.3, 0.4) is 0 Å². The highest BCUT2D eigenvalue weighted by Crippen LogP contribution is 2.49. The van der Waals surface area contributed by atoms with Gasteiger partial charge in [0.25, 0.3) is 0 Å². The van der Waals surface area contributed by atoms with Crippen LogP contribution >= 0.6 is 0 Å². The van der Waals surface area contributed by atoms with E-state index in [0.29, 0.717) is 6.10 Å². The van der Waals surface area contributed by atoms with Crippen LogP contribution < -0.4 is 0 Å². The van der Waals surface area contributed by atoms with E-state index in [4.69, 9.17) is 4.74 Å². The number of hydrogen-bond donors (Lipinski definition) is 1. The quantitative estimate of drug-likeness (QED) is 0.711. The Kier molecular flexibility index (Phi) is 2.37. The van der Waals surface area contributed by atoms with E-state index in [1.807, 2.05) is 6.92 Å². The molecule has 4 atom stereocenters. The van der Waals surface area contributed by atoms with E-state index in [9.17, 15) is 5.11 Å². The van der Waals surface area contributed by atoms with E-state index in [-0.39, 0.29) is 5.60 Å². The summed E-state index contributed by atoms with van der Waals surface area (Å²) in [5.74, 6) is 1.46. The molecule has 2 aliphatic rings. The smallest absolute Gasteiger partial charge is 0.0625 e. The van der Waals surface area contributed by atoms with E-state index < -0.39 is 0 Å².